The van der Waals surface area contributed by atoms with E-state index in [0.29, 0.717) is 13.1 Å². The lowest BCUT2D eigenvalue weighted by molar-refractivity contribution is -0.136. The molecule has 1 saturated heterocycles. The first-order chi connectivity index (χ1) is 11.4. The number of benzene rings is 1. The van der Waals surface area contributed by atoms with Crippen LogP contribution in [0.15, 0.2) is 18.2 Å². The van der Waals surface area contributed by atoms with Gasteiger partial charge in [0.05, 0.1) is 12.6 Å². The van der Waals surface area contributed by atoms with Crippen molar-refractivity contribution in [1.29, 1.82) is 0 Å². The molecule has 1 fully saturated rings. The van der Waals surface area contributed by atoms with Crippen LogP contribution in [0.5, 0.6) is 5.75 Å². The highest BCUT2D eigenvalue weighted by atomic mass is 16.5. The smallest absolute Gasteiger partial charge is 0.239 e. The third-order valence-electron chi connectivity index (χ3n) is 5.30. The van der Waals surface area contributed by atoms with Crippen LogP contribution in [-0.2, 0) is 11.3 Å². The van der Waals surface area contributed by atoms with E-state index >= 15 is 0 Å². The summed E-state index contributed by atoms with van der Waals surface area (Å²) in [4.78, 5) is 17.0. The summed E-state index contributed by atoms with van der Waals surface area (Å²) in [5.74, 6) is 0.927. The lowest BCUT2D eigenvalue weighted by Crippen LogP contribution is -2.55. The van der Waals surface area contributed by atoms with E-state index < -0.39 is 6.04 Å². The molecule has 0 unspecified atom stereocenters. The molecule has 2 N–H and O–H groups in total. The predicted molar refractivity (Wildman–Crippen MR) is 95.0 cm³/mol. The Balaban J connectivity index is 1.93. The van der Waals surface area contributed by atoms with Crippen LogP contribution in [0, 0.1) is 6.92 Å². The number of piperidine rings is 1. The minimum absolute atomic E-state index is 0.00486. The SMILES string of the molecule is CCN1CCC2(CC1)CN(C(=O)[C@H](C)N)Cc1cc(C)ccc1O2. The van der Waals surface area contributed by atoms with Gasteiger partial charge in [-0.2, -0.15) is 0 Å². The minimum Gasteiger partial charge on any atom is -0.485 e. The van der Waals surface area contributed by atoms with Gasteiger partial charge in [-0.1, -0.05) is 24.6 Å². The molecule has 1 spiro atoms. The average Bonchev–Trinajstić information content (AvgIpc) is 2.71. The Morgan fingerprint density at radius 2 is 2.08 bits per heavy atom. The van der Waals surface area contributed by atoms with E-state index in [4.69, 9.17) is 10.5 Å². The highest BCUT2D eigenvalue weighted by Crippen LogP contribution is 2.36. The van der Waals surface area contributed by atoms with Crippen molar-refractivity contribution >= 4 is 5.91 Å². The van der Waals surface area contributed by atoms with Gasteiger partial charge < -0.3 is 20.3 Å². The molecule has 5 nitrogen and oxygen atoms in total. The van der Waals surface area contributed by atoms with Crippen molar-refractivity contribution in [3.8, 4) is 5.75 Å². The highest BCUT2D eigenvalue weighted by Gasteiger charge is 2.42. The third-order valence-corrected chi connectivity index (χ3v) is 5.30. The van der Waals surface area contributed by atoms with Gasteiger partial charge in [-0.05, 0) is 26.5 Å². The zero-order valence-corrected chi connectivity index (χ0v) is 15.0. The van der Waals surface area contributed by atoms with Gasteiger partial charge in [0.1, 0.15) is 11.4 Å². The van der Waals surface area contributed by atoms with Gasteiger partial charge >= 0.3 is 0 Å². The van der Waals surface area contributed by atoms with Crippen LogP contribution in [0.4, 0.5) is 0 Å². The van der Waals surface area contributed by atoms with Crippen molar-refractivity contribution in [3.63, 3.8) is 0 Å². The van der Waals surface area contributed by atoms with Crippen LogP contribution in [-0.4, -0.2) is 53.5 Å². The van der Waals surface area contributed by atoms with E-state index in [-0.39, 0.29) is 11.5 Å². The second-order valence-electron chi connectivity index (χ2n) is 7.31. The zero-order chi connectivity index (χ0) is 17.3. The first kappa shape index (κ1) is 17.2. The molecule has 1 aromatic rings. The number of aryl methyl sites for hydroxylation is 1. The van der Waals surface area contributed by atoms with Crippen molar-refractivity contribution in [2.24, 2.45) is 5.73 Å². The number of likely N-dealkylation sites (tertiary alicyclic amines) is 1. The third kappa shape index (κ3) is 3.42. The number of hydrogen-bond donors (Lipinski definition) is 1. The van der Waals surface area contributed by atoms with Gasteiger partial charge in [0.25, 0.3) is 0 Å². The van der Waals surface area contributed by atoms with E-state index in [1.54, 1.807) is 6.92 Å². The van der Waals surface area contributed by atoms with Crippen LogP contribution in [0.2, 0.25) is 0 Å². The first-order valence-corrected chi connectivity index (χ1v) is 8.98. The summed E-state index contributed by atoms with van der Waals surface area (Å²) in [6, 6.07) is 5.77. The summed E-state index contributed by atoms with van der Waals surface area (Å²) in [7, 11) is 0. The van der Waals surface area contributed by atoms with Gasteiger partial charge in [0.2, 0.25) is 5.91 Å². The Hall–Kier alpha value is -1.59. The van der Waals surface area contributed by atoms with Crippen molar-refractivity contribution in [2.45, 2.75) is 51.8 Å². The molecule has 1 aromatic carbocycles. The molecule has 0 radical (unpaired) electrons. The molecule has 3 rings (SSSR count). The van der Waals surface area contributed by atoms with E-state index in [2.05, 4.69) is 36.9 Å². The fourth-order valence-electron chi connectivity index (χ4n) is 3.79. The maximum Gasteiger partial charge on any atom is 0.239 e. The van der Waals surface area contributed by atoms with Crippen molar-refractivity contribution < 1.29 is 9.53 Å². The molecule has 2 aliphatic heterocycles. The minimum atomic E-state index is -0.482. The van der Waals surface area contributed by atoms with Crippen molar-refractivity contribution in [3.05, 3.63) is 29.3 Å². The normalized spacial score (nSPS) is 21.8. The Kier molecular flexibility index (Phi) is 4.83. The standard InChI is InChI=1S/C19H29N3O2/c1-4-21-9-7-19(8-10-21)13-22(18(23)15(3)20)12-16-11-14(2)5-6-17(16)24-19/h5-6,11,15H,4,7-10,12-13,20H2,1-3H3/t15-/m0/s1. The van der Waals surface area contributed by atoms with Crippen molar-refractivity contribution in [1.82, 2.24) is 9.80 Å². The van der Waals surface area contributed by atoms with Gasteiger partial charge in [0, 0.05) is 38.0 Å². The summed E-state index contributed by atoms with van der Waals surface area (Å²) in [6.45, 7) is 10.3. The monoisotopic (exact) mass is 331 g/mol. The van der Waals surface area contributed by atoms with Crippen molar-refractivity contribution in [2.75, 3.05) is 26.2 Å². The Morgan fingerprint density at radius 1 is 1.38 bits per heavy atom. The molecular formula is C19H29N3O2. The Labute approximate surface area is 144 Å². The van der Waals surface area contributed by atoms with Crippen LogP contribution in [0.3, 0.4) is 0 Å². The number of nitrogens with two attached hydrogens (primary N) is 1. The summed E-state index contributed by atoms with van der Waals surface area (Å²) in [5, 5.41) is 0. The Bertz CT molecular complexity index is 607. The molecular weight excluding hydrogens is 302 g/mol. The van der Waals surface area contributed by atoms with Gasteiger partial charge in [-0.15, -0.1) is 0 Å². The summed E-state index contributed by atoms with van der Waals surface area (Å²) in [6.07, 6.45) is 1.88. The average molecular weight is 331 g/mol. The fourth-order valence-corrected chi connectivity index (χ4v) is 3.79. The van der Waals surface area contributed by atoms with Gasteiger partial charge in [0.15, 0.2) is 0 Å². The fraction of sp³-hybridized carbons (Fsp3) is 0.632. The Morgan fingerprint density at radius 3 is 2.71 bits per heavy atom. The number of hydrogen-bond acceptors (Lipinski definition) is 4. The summed E-state index contributed by atoms with van der Waals surface area (Å²) in [5.41, 5.74) is 7.86. The van der Waals surface area contributed by atoms with E-state index in [9.17, 15) is 4.79 Å². The number of carbonyl (C=O) groups excluding carboxylic acids is 1. The molecule has 2 aliphatic rings. The molecule has 5 heteroatoms. The second-order valence-corrected chi connectivity index (χ2v) is 7.31. The predicted octanol–water partition coefficient (Wildman–Crippen LogP) is 1.92. The second kappa shape index (κ2) is 6.73. The lowest BCUT2D eigenvalue weighted by atomic mass is 9.90. The van der Waals surface area contributed by atoms with Gasteiger partial charge in [-0.25, -0.2) is 0 Å². The lowest BCUT2D eigenvalue weighted by Gasteiger charge is -2.42. The topological polar surface area (TPSA) is 58.8 Å². The quantitative estimate of drug-likeness (QED) is 0.899. The molecule has 1 atom stereocenters. The molecule has 1 amide bonds. The van der Waals surface area contributed by atoms with Crippen LogP contribution >= 0.6 is 0 Å². The van der Waals surface area contributed by atoms with E-state index in [1.807, 2.05) is 4.90 Å². The zero-order valence-electron chi connectivity index (χ0n) is 15.0. The highest BCUT2D eigenvalue weighted by molar-refractivity contribution is 5.81. The molecule has 0 aliphatic carbocycles. The molecule has 0 bridgehead atoms. The molecule has 24 heavy (non-hydrogen) atoms. The number of carbonyl (C=O) groups is 1. The number of rotatable bonds is 2. The number of ether oxygens (including phenoxy) is 1. The van der Waals surface area contributed by atoms with Crippen LogP contribution in [0.25, 0.3) is 0 Å². The van der Waals surface area contributed by atoms with Gasteiger partial charge in [-0.3, -0.25) is 4.79 Å². The summed E-state index contributed by atoms with van der Waals surface area (Å²) < 4.78 is 6.53. The number of fused-ring (bicyclic) bond motifs is 1. The van der Waals surface area contributed by atoms with Crippen LogP contribution in [0.1, 0.15) is 37.8 Å². The molecule has 2 heterocycles. The maximum atomic E-state index is 12.6. The number of amides is 1. The first-order valence-electron chi connectivity index (χ1n) is 8.98. The van der Waals surface area contributed by atoms with Crippen LogP contribution < -0.4 is 10.5 Å². The molecule has 0 aromatic heterocycles. The van der Waals surface area contributed by atoms with E-state index in [0.717, 1.165) is 43.8 Å². The van der Waals surface area contributed by atoms with E-state index in [1.165, 1.54) is 5.56 Å². The molecule has 0 saturated carbocycles. The molecule has 132 valence electrons. The maximum absolute atomic E-state index is 12.6. The summed E-state index contributed by atoms with van der Waals surface area (Å²) >= 11 is 0. The number of nitrogens with zero attached hydrogens (tertiary/aromatic N) is 2. The largest absolute Gasteiger partial charge is 0.485 e.